The summed E-state index contributed by atoms with van der Waals surface area (Å²) >= 11 is 5.16. The average molecular weight is 351 g/mol. The fourth-order valence-corrected chi connectivity index (χ4v) is 2.68. The lowest BCUT2D eigenvalue weighted by Gasteiger charge is -2.24. The quantitative estimate of drug-likeness (QED) is 0.486. The van der Waals surface area contributed by atoms with Crippen molar-refractivity contribution in [3.8, 4) is 0 Å². The van der Waals surface area contributed by atoms with Gasteiger partial charge in [0.05, 0.1) is 0 Å². The number of nitrogens with one attached hydrogen (secondary N) is 4. The van der Waals surface area contributed by atoms with E-state index < -0.39 is 0 Å². The van der Waals surface area contributed by atoms with Gasteiger partial charge in [0.2, 0.25) is 0 Å². The molecule has 0 aliphatic heterocycles. The van der Waals surface area contributed by atoms with Crippen LogP contribution in [-0.2, 0) is 0 Å². The number of para-hydroxylation sites is 1. The van der Waals surface area contributed by atoms with Gasteiger partial charge in [-0.25, -0.2) is 10.2 Å². The first-order valence-electron chi connectivity index (χ1n) is 8.29. The van der Waals surface area contributed by atoms with Crippen molar-refractivity contribution in [2.45, 2.75) is 65.8 Å². The minimum absolute atomic E-state index is 0.169. The number of carbonyl (C=O) groups excluding carboxylic acids is 1. The highest BCUT2D eigenvalue weighted by molar-refractivity contribution is 7.80. The van der Waals surface area contributed by atoms with Crippen molar-refractivity contribution in [1.82, 2.24) is 16.2 Å². The highest BCUT2D eigenvalue weighted by Crippen LogP contribution is 2.32. The number of anilines is 1. The summed E-state index contributed by atoms with van der Waals surface area (Å²) in [6, 6.07) is 5.79. The van der Waals surface area contributed by atoms with E-state index in [-0.39, 0.29) is 11.6 Å². The third-order valence-corrected chi connectivity index (χ3v) is 3.59. The van der Waals surface area contributed by atoms with Gasteiger partial charge in [-0.15, -0.1) is 0 Å². The van der Waals surface area contributed by atoms with Gasteiger partial charge in [0.25, 0.3) is 0 Å². The van der Waals surface area contributed by atoms with Gasteiger partial charge in [-0.1, -0.05) is 45.9 Å². The largest absolute Gasteiger partial charge is 0.357 e. The molecule has 4 N–H and O–H groups in total. The van der Waals surface area contributed by atoms with Crippen molar-refractivity contribution < 1.29 is 4.79 Å². The predicted molar refractivity (Wildman–Crippen MR) is 105 cm³/mol. The average Bonchev–Trinajstić information content (AvgIpc) is 2.43. The molecule has 1 aromatic carbocycles. The molecule has 1 rings (SSSR count). The Hall–Kier alpha value is -1.82. The Bertz CT molecular complexity index is 565. The zero-order chi connectivity index (χ0) is 18.5. The maximum absolute atomic E-state index is 12.3. The molecule has 0 aliphatic rings. The summed E-state index contributed by atoms with van der Waals surface area (Å²) in [5.41, 5.74) is 8.23. The molecule has 0 saturated carbocycles. The maximum Gasteiger partial charge on any atom is 0.337 e. The molecule has 1 aromatic rings. The van der Waals surface area contributed by atoms with E-state index >= 15 is 0 Å². The van der Waals surface area contributed by atoms with E-state index in [4.69, 9.17) is 12.2 Å². The number of urea groups is 1. The van der Waals surface area contributed by atoms with Crippen LogP contribution in [0, 0.1) is 0 Å². The minimum Gasteiger partial charge on any atom is -0.357 e. The molecule has 0 aromatic heterocycles. The lowest BCUT2D eigenvalue weighted by atomic mass is 9.93. The summed E-state index contributed by atoms with van der Waals surface area (Å²) in [5.74, 6) is 0.631. The molecular formula is C18H30N4OS. The summed E-state index contributed by atoms with van der Waals surface area (Å²) in [6.07, 6.45) is 0. The Morgan fingerprint density at radius 1 is 1.00 bits per heavy atom. The monoisotopic (exact) mass is 350 g/mol. The molecule has 24 heavy (non-hydrogen) atoms. The summed E-state index contributed by atoms with van der Waals surface area (Å²) in [4.78, 5) is 12.3. The van der Waals surface area contributed by atoms with Gasteiger partial charge >= 0.3 is 6.03 Å². The Morgan fingerprint density at radius 3 is 1.92 bits per heavy atom. The van der Waals surface area contributed by atoms with E-state index in [1.165, 1.54) is 0 Å². The number of hydrogen-bond donors (Lipinski definition) is 4. The molecule has 0 aliphatic carbocycles. The lowest BCUT2D eigenvalue weighted by Crippen LogP contribution is -2.53. The second-order valence-electron chi connectivity index (χ2n) is 7.53. The number of hydrogen-bond acceptors (Lipinski definition) is 2. The normalized spacial score (nSPS) is 11.4. The van der Waals surface area contributed by atoms with Crippen molar-refractivity contribution in [3.05, 3.63) is 29.3 Å². The second kappa shape index (κ2) is 8.33. The van der Waals surface area contributed by atoms with Crippen LogP contribution in [0.15, 0.2) is 18.2 Å². The Morgan fingerprint density at radius 2 is 1.50 bits per heavy atom. The minimum atomic E-state index is -0.344. The molecule has 0 bridgehead atoms. The van der Waals surface area contributed by atoms with Crippen LogP contribution in [0.3, 0.4) is 0 Å². The second-order valence-corrected chi connectivity index (χ2v) is 7.94. The van der Waals surface area contributed by atoms with Crippen LogP contribution in [0.4, 0.5) is 10.5 Å². The molecule has 0 saturated heterocycles. The molecule has 0 unspecified atom stereocenters. The Kier molecular flexibility index (Phi) is 7.02. The topological polar surface area (TPSA) is 65.2 Å². The summed E-state index contributed by atoms with van der Waals surface area (Å²) < 4.78 is 0. The van der Waals surface area contributed by atoms with E-state index in [2.05, 4.69) is 49.2 Å². The molecule has 0 heterocycles. The summed E-state index contributed by atoms with van der Waals surface area (Å²) in [5, 5.41) is 6.41. The fourth-order valence-electron chi connectivity index (χ4n) is 2.33. The highest BCUT2D eigenvalue weighted by atomic mass is 32.1. The maximum atomic E-state index is 12.3. The van der Waals surface area contributed by atoms with Crippen LogP contribution in [0.25, 0.3) is 0 Å². The van der Waals surface area contributed by atoms with Crippen molar-refractivity contribution in [2.75, 3.05) is 5.32 Å². The van der Waals surface area contributed by atoms with Gasteiger partial charge in [-0.2, -0.15) is 0 Å². The van der Waals surface area contributed by atoms with Gasteiger partial charge in [0.1, 0.15) is 0 Å². The van der Waals surface area contributed by atoms with E-state index in [1.54, 1.807) is 0 Å². The van der Waals surface area contributed by atoms with E-state index in [1.807, 2.05) is 39.0 Å². The van der Waals surface area contributed by atoms with Crippen molar-refractivity contribution in [2.24, 2.45) is 0 Å². The predicted octanol–water partition coefficient (Wildman–Crippen LogP) is 4.23. The first-order valence-corrected chi connectivity index (χ1v) is 8.70. The SMILES string of the molecule is CC(C)c1cccc(C(C)C)c1NC(=O)NNC(=S)NC(C)(C)C. The zero-order valence-electron chi connectivity index (χ0n) is 15.7. The summed E-state index contributed by atoms with van der Waals surface area (Å²) in [7, 11) is 0. The van der Waals surface area contributed by atoms with Crippen molar-refractivity contribution in [1.29, 1.82) is 0 Å². The number of thiocarbonyl (C=S) groups is 1. The summed E-state index contributed by atoms with van der Waals surface area (Å²) in [6.45, 7) is 14.4. The smallest absolute Gasteiger partial charge is 0.337 e. The molecule has 134 valence electrons. The van der Waals surface area contributed by atoms with Gasteiger partial charge in [-0.05, 0) is 56.0 Å². The number of carbonyl (C=O) groups is 1. The molecular weight excluding hydrogens is 320 g/mol. The number of benzene rings is 1. The van der Waals surface area contributed by atoms with Gasteiger partial charge in [0, 0.05) is 11.2 Å². The van der Waals surface area contributed by atoms with Crippen LogP contribution in [-0.4, -0.2) is 16.7 Å². The number of rotatable bonds is 3. The van der Waals surface area contributed by atoms with Crippen LogP contribution >= 0.6 is 12.2 Å². The van der Waals surface area contributed by atoms with Crippen molar-refractivity contribution >= 4 is 29.0 Å². The first-order chi connectivity index (χ1) is 11.0. The third-order valence-electron chi connectivity index (χ3n) is 3.39. The number of amides is 2. The van der Waals surface area contributed by atoms with Crippen molar-refractivity contribution in [3.63, 3.8) is 0 Å². The third kappa shape index (κ3) is 6.35. The number of hydrazine groups is 1. The van der Waals surface area contributed by atoms with Crippen LogP contribution < -0.4 is 21.5 Å². The molecule has 2 amide bonds. The molecule has 0 atom stereocenters. The molecule has 0 radical (unpaired) electrons. The lowest BCUT2D eigenvalue weighted by molar-refractivity contribution is 0.250. The van der Waals surface area contributed by atoms with Crippen LogP contribution in [0.5, 0.6) is 0 Å². The van der Waals surface area contributed by atoms with Crippen LogP contribution in [0.2, 0.25) is 0 Å². The molecule has 0 fully saturated rings. The van der Waals surface area contributed by atoms with E-state index in [9.17, 15) is 4.79 Å². The molecule has 5 nitrogen and oxygen atoms in total. The fraction of sp³-hybridized carbons (Fsp3) is 0.556. The van der Waals surface area contributed by atoms with Gasteiger partial charge in [-0.3, -0.25) is 5.43 Å². The van der Waals surface area contributed by atoms with Gasteiger partial charge in [0.15, 0.2) is 5.11 Å². The first kappa shape index (κ1) is 20.2. The standard InChI is InChI=1S/C18H30N4OS/c1-11(2)13-9-8-10-14(12(3)4)15(13)19-16(23)21-22-17(24)20-18(5,6)7/h8-12H,1-7H3,(H2,19,21,23)(H2,20,22,24). The molecule has 0 spiro atoms. The Balaban J connectivity index is 2.81. The van der Waals surface area contributed by atoms with E-state index in [0.717, 1.165) is 16.8 Å². The van der Waals surface area contributed by atoms with Gasteiger partial charge < -0.3 is 10.6 Å². The van der Waals surface area contributed by atoms with Crippen LogP contribution in [0.1, 0.15) is 71.4 Å². The zero-order valence-corrected chi connectivity index (χ0v) is 16.5. The highest BCUT2D eigenvalue weighted by Gasteiger charge is 2.16. The van der Waals surface area contributed by atoms with E-state index in [0.29, 0.717) is 16.9 Å². The Labute approximate surface area is 151 Å². The molecule has 6 heteroatoms.